The van der Waals surface area contributed by atoms with E-state index in [0.29, 0.717) is 0 Å². The molecule has 1 aromatic carbocycles. The Labute approximate surface area is 85.2 Å². The molecule has 0 fully saturated rings. The molecule has 1 aromatic rings. The van der Waals surface area contributed by atoms with E-state index in [2.05, 4.69) is 24.4 Å². The van der Waals surface area contributed by atoms with Gasteiger partial charge in [0.15, 0.2) is 0 Å². The van der Waals surface area contributed by atoms with Crippen LogP contribution in [0.4, 0.5) is 0 Å². The van der Waals surface area contributed by atoms with Crippen LogP contribution < -0.4 is 5.32 Å². The standard InChI is InChI=1S/C11H15NS/c1-2-6-11(13)12-9-10-7-4-3-5-8-10/h3-5,7-8H,2,6,9H2,1H3,(H,12,13). The van der Waals surface area contributed by atoms with E-state index < -0.39 is 0 Å². The molecule has 0 saturated heterocycles. The van der Waals surface area contributed by atoms with Crippen LogP contribution in [0, 0.1) is 0 Å². The van der Waals surface area contributed by atoms with E-state index in [0.717, 1.165) is 24.4 Å². The molecule has 0 atom stereocenters. The first-order valence-electron chi connectivity index (χ1n) is 4.63. The summed E-state index contributed by atoms with van der Waals surface area (Å²) >= 11 is 5.14. The lowest BCUT2D eigenvalue weighted by atomic mass is 10.2. The molecular weight excluding hydrogens is 178 g/mol. The Balaban J connectivity index is 2.31. The first-order valence-corrected chi connectivity index (χ1v) is 5.04. The summed E-state index contributed by atoms with van der Waals surface area (Å²) in [6.07, 6.45) is 2.10. The summed E-state index contributed by atoms with van der Waals surface area (Å²) in [6, 6.07) is 10.3. The summed E-state index contributed by atoms with van der Waals surface area (Å²) in [7, 11) is 0. The molecule has 2 heteroatoms. The predicted molar refractivity (Wildman–Crippen MR) is 60.8 cm³/mol. The molecule has 0 aliphatic carbocycles. The van der Waals surface area contributed by atoms with Crippen molar-refractivity contribution >= 4 is 17.2 Å². The van der Waals surface area contributed by atoms with Gasteiger partial charge in [-0.05, 0) is 18.4 Å². The summed E-state index contributed by atoms with van der Waals surface area (Å²) in [5, 5.41) is 3.23. The minimum Gasteiger partial charge on any atom is -0.376 e. The van der Waals surface area contributed by atoms with E-state index in [1.165, 1.54) is 5.56 Å². The van der Waals surface area contributed by atoms with Gasteiger partial charge >= 0.3 is 0 Å². The Hall–Kier alpha value is -0.890. The molecule has 0 unspecified atom stereocenters. The first-order chi connectivity index (χ1) is 6.33. The fraction of sp³-hybridized carbons (Fsp3) is 0.364. The molecule has 0 aliphatic heterocycles. The number of thiocarbonyl (C=S) groups is 1. The average molecular weight is 193 g/mol. The van der Waals surface area contributed by atoms with Crippen LogP contribution in [-0.4, -0.2) is 4.99 Å². The van der Waals surface area contributed by atoms with Gasteiger partial charge < -0.3 is 5.32 Å². The molecule has 1 N–H and O–H groups in total. The van der Waals surface area contributed by atoms with Crippen LogP contribution in [0.1, 0.15) is 25.3 Å². The van der Waals surface area contributed by atoms with Gasteiger partial charge in [-0.1, -0.05) is 49.5 Å². The van der Waals surface area contributed by atoms with Gasteiger partial charge in [0.2, 0.25) is 0 Å². The Bertz CT molecular complexity index is 256. The van der Waals surface area contributed by atoms with Crippen molar-refractivity contribution in [1.29, 1.82) is 0 Å². The zero-order valence-electron chi connectivity index (χ0n) is 7.92. The van der Waals surface area contributed by atoms with Crippen LogP contribution in [0.25, 0.3) is 0 Å². The molecule has 0 amide bonds. The second-order valence-corrected chi connectivity index (χ2v) is 3.51. The highest BCUT2D eigenvalue weighted by atomic mass is 32.1. The molecule has 0 bridgehead atoms. The maximum atomic E-state index is 5.14. The van der Waals surface area contributed by atoms with E-state index in [9.17, 15) is 0 Å². The number of rotatable bonds is 4. The van der Waals surface area contributed by atoms with Crippen LogP contribution in [0.15, 0.2) is 30.3 Å². The van der Waals surface area contributed by atoms with E-state index >= 15 is 0 Å². The van der Waals surface area contributed by atoms with Crippen LogP contribution in [0.5, 0.6) is 0 Å². The lowest BCUT2D eigenvalue weighted by molar-refractivity contribution is 0.876. The third-order valence-corrected chi connectivity index (χ3v) is 2.16. The highest BCUT2D eigenvalue weighted by molar-refractivity contribution is 7.80. The van der Waals surface area contributed by atoms with Crippen molar-refractivity contribution in [3.8, 4) is 0 Å². The summed E-state index contributed by atoms with van der Waals surface area (Å²) in [5.41, 5.74) is 1.28. The Kier molecular flexibility index (Phi) is 4.47. The van der Waals surface area contributed by atoms with Crippen molar-refractivity contribution in [3.05, 3.63) is 35.9 Å². The first kappa shape index (κ1) is 10.2. The maximum Gasteiger partial charge on any atom is 0.0755 e. The Morgan fingerprint density at radius 3 is 2.62 bits per heavy atom. The minimum atomic E-state index is 0.847. The summed E-state index contributed by atoms with van der Waals surface area (Å²) in [4.78, 5) is 0.964. The molecule has 0 spiro atoms. The van der Waals surface area contributed by atoms with Crippen LogP contribution in [0.2, 0.25) is 0 Å². The highest BCUT2D eigenvalue weighted by Crippen LogP contribution is 1.98. The lowest BCUT2D eigenvalue weighted by Crippen LogP contribution is -2.20. The van der Waals surface area contributed by atoms with Gasteiger partial charge in [-0.25, -0.2) is 0 Å². The molecule has 0 radical (unpaired) electrons. The third kappa shape index (κ3) is 4.04. The Morgan fingerprint density at radius 1 is 1.31 bits per heavy atom. The van der Waals surface area contributed by atoms with Crippen molar-refractivity contribution in [3.63, 3.8) is 0 Å². The highest BCUT2D eigenvalue weighted by Gasteiger charge is 1.94. The normalized spacial score (nSPS) is 9.62. The molecule has 0 aromatic heterocycles. The molecule has 0 saturated carbocycles. The molecule has 1 rings (SSSR count). The number of benzene rings is 1. The van der Waals surface area contributed by atoms with E-state index in [1.807, 2.05) is 18.2 Å². The molecule has 70 valence electrons. The van der Waals surface area contributed by atoms with Crippen molar-refractivity contribution < 1.29 is 0 Å². The lowest BCUT2D eigenvalue weighted by Gasteiger charge is -2.06. The molecule has 0 heterocycles. The number of hydrogen-bond donors (Lipinski definition) is 1. The fourth-order valence-electron chi connectivity index (χ4n) is 1.11. The molecular formula is C11H15NS. The van der Waals surface area contributed by atoms with Gasteiger partial charge in [0, 0.05) is 6.54 Å². The zero-order chi connectivity index (χ0) is 9.52. The largest absolute Gasteiger partial charge is 0.376 e. The van der Waals surface area contributed by atoms with Crippen molar-refractivity contribution in [2.45, 2.75) is 26.3 Å². The molecule has 13 heavy (non-hydrogen) atoms. The van der Waals surface area contributed by atoms with Gasteiger partial charge in [-0.15, -0.1) is 0 Å². The van der Waals surface area contributed by atoms with Gasteiger partial charge in [-0.2, -0.15) is 0 Å². The van der Waals surface area contributed by atoms with E-state index in [-0.39, 0.29) is 0 Å². The zero-order valence-corrected chi connectivity index (χ0v) is 8.73. The Morgan fingerprint density at radius 2 is 2.00 bits per heavy atom. The quantitative estimate of drug-likeness (QED) is 0.738. The second kappa shape index (κ2) is 5.70. The minimum absolute atomic E-state index is 0.847. The summed E-state index contributed by atoms with van der Waals surface area (Å²) in [6.45, 7) is 2.98. The average Bonchev–Trinajstić information content (AvgIpc) is 2.17. The number of hydrogen-bond acceptors (Lipinski definition) is 1. The van der Waals surface area contributed by atoms with Crippen molar-refractivity contribution in [1.82, 2.24) is 5.32 Å². The maximum absolute atomic E-state index is 5.14. The number of nitrogens with one attached hydrogen (secondary N) is 1. The predicted octanol–water partition coefficient (Wildman–Crippen LogP) is 2.90. The topological polar surface area (TPSA) is 12.0 Å². The van der Waals surface area contributed by atoms with E-state index in [4.69, 9.17) is 12.2 Å². The third-order valence-electron chi connectivity index (χ3n) is 1.81. The van der Waals surface area contributed by atoms with Gasteiger partial charge in [0.25, 0.3) is 0 Å². The van der Waals surface area contributed by atoms with Gasteiger partial charge in [-0.3, -0.25) is 0 Å². The molecule has 1 nitrogen and oxygen atoms in total. The van der Waals surface area contributed by atoms with Crippen LogP contribution in [0.3, 0.4) is 0 Å². The van der Waals surface area contributed by atoms with Gasteiger partial charge in [0.1, 0.15) is 0 Å². The monoisotopic (exact) mass is 193 g/mol. The van der Waals surface area contributed by atoms with Gasteiger partial charge in [0.05, 0.1) is 4.99 Å². The van der Waals surface area contributed by atoms with Crippen molar-refractivity contribution in [2.24, 2.45) is 0 Å². The van der Waals surface area contributed by atoms with E-state index in [1.54, 1.807) is 0 Å². The van der Waals surface area contributed by atoms with Crippen molar-refractivity contribution in [2.75, 3.05) is 0 Å². The molecule has 0 aliphatic rings. The summed E-state index contributed by atoms with van der Waals surface area (Å²) in [5.74, 6) is 0. The van der Waals surface area contributed by atoms with Crippen LogP contribution >= 0.6 is 12.2 Å². The SMILES string of the molecule is CCCC(=S)NCc1ccccc1. The smallest absolute Gasteiger partial charge is 0.0755 e. The fourth-order valence-corrected chi connectivity index (χ4v) is 1.39. The summed E-state index contributed by atoms with van der Waals surface area (Å²) < 4.78 is 0. The van der Waals surface area contributed by atoms with Crippen LogP contribution in [-0.2, 0) is 6.54 Å². The second-order valence-electron chi connectivity index (χ2n) is 3.01.